The second-order valence-electron chi connectivity index (χ2n) is 12.6. The molecule has 6 fully saturated rings. The van der Waals surface area contributed by atoms with Crippen molar-refractivity contribution >= 4 is 17.6 Å². The molecule has 5 heterocycles. The molecule has 1 amide bonds. The van der Waals surface area contributed by atoms with Gasteiger partial charge in [0.25, 0.3) is 5.91 Å². The third kappa shape index (κ3) is 3.45. The maximum atomic E-state index is 14.4. The summed E-state index contributed by atoms with van der Waals surface area (Å²) >= 11 is 0. The van der Waals surface area contributed by atoms with E-state index in [2.05, 4.69) is 11.0 Å². The van der Waals surface area contributed by atoms with Crippen molar-refractivity contribution in [1.29, 1.82) is 0 Å². The number of ether oxygens (including phenoxy) is 3. The predicted octanol–water partition coefficient (Wildman–Crippen LogP) is 2.09. The van der Waals surface area contributed by atoms with Gasteiger partial charge < -0.3 is 29.3 Å². The highest BCUT2D eigenvalue weighted by Crippen LogP contribution is 2.58. The van der Waals surface area contributed by atoms with Gasteiger partial charge in [0.05, 0.1) is 50.7 Å². The molecule has 4 saturated heterocycles. The predicted molar refractivity (Wildman–Crippen MR) is 147 cm³/mol. The number of aliphatic hydroxyl groups excluding tert-OH is 1. The summed E-state index contributed by atoms with van der Waals surface area (Å²) in [5, 5.41) is 23.0. The van der Waals surface area contributed by atoms with Gasteiger partial charge in [-0.1, -0.05) is 24.6 Å². The third-order valence-corrected chi connectivity index (χ3v) is 11.1. The minimum absolute atomic E-state index is 0.112. The second-order valence-corrected chi connectivity index (χ2v) is 12.6. The van der Waals surface area contributed by atoms with Crippen molar-refractivity contribution in [1.82, 2.24) is 4.90 Å². The van der Waals surface area contributed by atoms with Crippen LogP contribution in [-0.4, -0.2) is 84.8 Å². The molecule has 0 radical (unpaired) electrons. The van der Waals surface area contributed by atoms with Crippen LogP contribution in [0.2, 0.25) is 0 Å². The normalized spacial score (nSPS) is 42.7. The van der Waals surface area contributed by atoms with Crippen LogP contribution in [0.5, 0.6) is 5.75 Å². The molecule has 1 aromatic carbocycles. The topological polar surface area (TPSA) is 118 Å². The van der Waals surface area contributed by atoms with Gasteiger partial charge in [0.15, 0.2) is 0 Å². The first-order valence-electron chi connectivity index (χ1n) is 14.6. The van der Waals surface area contributed by atoms with Crippen LogP contribution in [0.3, 0.4) is 0 Å². The van der Waals surface area contributed by atoms with Crippen LogP contribution in [0.25, 0.3) is 0 Å². The zero-order chi connectivity index (χ0) is 28.8. The summed E-state index contributed by atoms with van der Waals surface area (Å²) in [6, 6.07) is 5.54. The molecule has 2 N–H and O–H groups in total. The minimum atomic E-state index is -1.44. The van der Waals surface area contributed by atoms with Gasteiger partial charge in [-0.15, -0.1) is 0 Å². The number of benzene rings is 1. The number of piperidine rings is 1. The fraction of sp³-hybridized carbons (Fsp3) is 0.613. The Morgan fingerprint density at radius 2 is 2.02 bits per heavy atom. The molecule has 41 heavy (non-hydrogen) atoms. The number of nitrogens with zero attached hydrogens (tertiary/aromatic N) is 2. The molecule has 8 rings (SSSR count). The van der Waals surface area contributed by atoms with Crippen molar-refractivity contribution in [3.63, 3.8) is 0 Å². The van der Waals surface area contributed by atoms with E-state index >= 15 is 0 Å². The van der Waals surface area contributed by atoms with Crippen LogP contribution in [-0.2, 0) is 29.3 Å². The van der Waals surface area contributed by atoms with Crippen LogP contribution < -0.4 is 9.80 Å². The first-order chi connectivity index (χ1) is 19.7. The Hall–Kier alpha value is -2.92. The number of allylic oxidation sites excluding steroid dienone is 1. The number of fused-ring (bicyclic) bond motifs is 3. The monoisotopic (exact) mass is 566 g/mol. The molecule has 4 bridgehead atoms. The van der Waals surface area contributed by atoms with Gasteiger partial charge in [-0.3, -0.25) is 9.63 Å². The summed E-state index contributed by atoms with van der Waals surface area (Å²) in [6.07, 6.45) is 4.90. The summed E-state index contributed by atoms with van der Waals surface area (Å²) < 4.78 is 17.7. The lowest BCUT2D eigenvalue weighted by Gasteiger charge is -2.47. The Morgan fingerprint density at radius 3 is 2.73 bits per heavy atom. The van der Waals surface area contributed by atoms with Crippen molar-refractivity contribution in [2.75, 3.05) is 39.0 Å². The Bertz CT molecular complexity index is 1360. The Balaban J connectivity index is 1.35. The van der Waals surface area contributed by atoms with Crippen LogP contribution in [0.15, 0.2) is 41.6 Å². The Labute approximate surface area is 239 Å². The summed E-state index contributed by atoms with van der Waals surface area (Å²) in [5.41, 5.74) is 0.745. The molecule has 2 aliphatic carbocycles. The van der Waals surface area contributed by atoms with Gasteiger partial charge in [0, 0.05) is 30.8 Å². The average Bonchev–Trinajstić information content (AvgIpc) is 3.42. The summed E-state index contributed by atoms with van der Waals surface area (Å²) in [6.45, 7) is 4.57. The van der Waals surface area contributed by atoms with Gasteiger partial charge in [-0.25, -0.2) is 4.79 Å². The van der Waals surface area contributed by atoms with Crippen molar-refractivity contribution in [2.45, 2.75) is 62.4 Å². The molecule has 10 heteroatoms. The number of amides is 1. The molecule has 5 aliphatic heterocycles. The van der Waals surface area contributed by atoms with E-state index in [9.17, 15) is 19.8 Å². The van der Waals surface area contributed by atoms with Crippen molar-refractivity contribution in [2.24, 2.45) is 23.7 Å². The quantitative estimate of drug-likeness (QED) is 0.321. The molecule has 1 spiro atoms. The lowest BCUT2D eigenvalue weighted by atomic mass is 9.72. The molecule has 10 nitrogen and oxygen atoms in total. The third-order valence-electron chi connectivity index (χ3n) is 11.1. The van der Waals surface area contributed by atoms with Crippen LogP contribution >= 0.6 is 0 Å². The number of carbonyl (C=O) groups is 2. The Morgan fingerprint density at radius 1 is 1.22 bits per heavy atom. The molecule has 7 aliphatic rings. The summed E-state index contributed by atoms with van der Waals surface area (Å²) in [4.78, 5) is 35.4. The van der Waals surface area contributed by atoms with Crippen molar-refractivity contribution < 1.29 is 38.9 Å². The number of hydrogen-bond acceptors (Lipinski definition) is 9. The lowest BCUT2D eigenvalue weighted by Crippen LogP contribution is -2.51. The van der Waals surface area contributed by atoms with E-state index in [1.165, 1.54) is 17.7 Å². The largest absolute Gasteiger partial charge is 0.497 e. The fourth-order valence-electron chi connectivity index (χ4n) is 8.91. The minimum Gasteiger partial charge on any atom is -0.497 e. The number of anilines is 1. The van der Waals surface area contributed by atoms with E-state index in [0.29, 0.717) is 49.4 Å². The van der Waals surface area contributed by atoms with Crippen molar-refractivity contribution in [3.05, 3.63) is 47.2 Å². The zero-order valence-electron chi connectivity index (χ0n) is 23.9. The average molecular weight is 567 g/mol. The molecular formula is C31H38N2O8. The Kier molecular flexibility index (Phi) is 6.11. The van der Waals surface area contributed by atoms with E-state index in [0.717, 1.165) is 5.56 Å². The summed E-state index contributed by atoms with van der Waals surface area (Å²) in [7, 11) is 3.09. The summed E-state index contributed by atoms with van der Waals surface area (Å²) in [5.74, 6) is -0.450. The van der Waals surface area contributed by atoms with Gasteiger partial charge in [0.1, 0.15) is 22.9 Å². The number of hydroxylamine groups is 1. The van der Waals surface area contributed by atoms with E-state index in [1.54, 1.807) is 7.11 Å². The maximum absolute atomic E-state index is 14.4. The standard InChI is InChI=1S/C31H38N2O8/c1-5-17-12-32(13-20-27-25(41-28(20)35)8-16(2)31(27,37)15-34)24-11-30(26-10-19(17)21(24)14-40-26)22-7-6-18(38-3)9-23(22)33(39-4)29(30)36/h5-7,9,13,16,19,21,24-27,34,37H,8,10-12,14-15H2,1-4H3/t16-,19-,21-,24-,25-,26+,27-,30-,31-/m0/s1. The highest BCUT2D eigenvalue weighted by atomic mass is 16.7. The lowest BCUT2D eigenvalue weighted by molar-refractivity contribution is -0.139. The number of methoxy groups -OCH3 is 1. The van der Waals surface area contributed by atoms with Crippen LogP contribution in [0.1, 0.15) is 38.7 Å². The zero-order valence-corrected chi connectivity index (χ0v) is 23.9. The van der Waals surface area contributed by atoms with E-state index in [4.69, 9.17) is 19.0 Å². The van der Waals surface area contributed by atoms with E-state index in [-0.39, 0.29) is 35.8 Å². The van der Waals surface area contributed by atoms with Gasteiger partial charge in [-0.2, -0.15) is 5.06 Å². The number of likely N-dealkylation sites (tertiary alicyclic amines) is 1. The molecular weight excluding hydrogens is 528 g/mol. The molecule has 0 unspecified atom stereocenters. The number of hydrogen-bond donors (Lipinski definition) is 2. The molecule has 1 aromatic rings. The number of carbonyl (C=O) groups excluding carboxylic acids is 2. The smallest absolute Gasteiger partial charge is 0.336 e. The van der Waals surface area contributed by atoms with Gasteiger partial charge >= 0.3 is 5.97 Å². The maximum Gasteiger partial charge on any atom is 0.336 e. The molecule has 2 saturated carbocycles. The first kappa shape index (κ1) is 26.9. The SMILES string of the molecule is CC=C1CN(C=C2C(=O)O[C@H]3C[C@H](C)[C@@](O)(CO)[C@@H]23)[C@H]2C[C@@]3(C(=O)N(OC)c4cc(OC)ccc43)[C@H]3C[C@@H]1[C@@H]2CO3. The second kappa shape index (κ2) is 9.29. The molecule has 0 aromatic heterocycles. The number of esters is 1. The van der Waals surface area contributed by atoms with E-state index < -0.39 is 35.6 Å². The van der Waals surface area contributed by atoms with Crippen LogP contribution in [0.4, 0.5) is 5.69 Å². The van der Waals surface area contributed by atoms with Crippen LogP contribution in [0, 0.1) is 23.7 Å². The number of aliphatic hydroxyl groups is 2. The van der Waals surface area contributed by atoms with E-state index in [1.807, 2.05) is 38.2 Å². The number of rotatable bonds is 4. The van der Waals surface area contributed by atoms with Gasteiger partial charge in [0.2, 0.25) is 0 Å². The van der Waals surface area contributed by atoms with Gasteiger partial charge in [-0.05, 0) is 49.7 Å². The molecule has 9 atom stereocenters. The van der Waals surface area contributed by atoms with Crippen molar-refractivity contribution in [3.8, 4) is 5.75 Å². The molecule has 220 valence electrons. The first-order valence-corrected chi connectivity index (χ1v) is 14.6. The fourth-order valence-corrected chi connectivity index (χ4v) is 8.91. The highest BCUT2D eigenvalue weighted by Gasteiger charge is 2.65. The highest BCUT2D eigenvalue weighted by molar-refractivity contribution is 6.07.